The molecule has 0 radical (unpaired) electrons. The molecule has 0 aromatic heterocycles. The molecule has 2 N–H and O–H groups in total. The number of hydrogen-bond donors (Lipinski definition) is 2. The highest BCUT2D eigenvalue weighted by Crippen LogP contribution is 2.48. The molecule has 0 spiro atoms. The third-order valence-electron chi connectivity index (χ3n) is 6.97. The van der Waals surface area contributed by atoms with Crippen molar-refractivity contribution in [3.05, 3.63) is 89.0 Å². The molecule has 1 heterocycles. The van der Waals surface area contributed by atoms with E-state index in [1.807, 2.05) is 23.1 Å². The van der Waals surface area contributed by atoms with E-state index in [1.54, 1.807) is 12.1 Å². The number of phenols is 2. The molecule has 5 rings (SSSR count). The second-order valence-corrected chi connectivity index (χ2v) is 8.98. The molecule has 3 aromatic rings. The first-order valence-corrected chi connectivity index (χ1v) is 11.7. The van der Waals surface area contributed by atoms with E-state index in [4.69, 9.17) is 4.74 Å². The van der Waals surface area contributed by atoms with Crippen molar-refractivity contribution < 1.29 is 19.7 Å². The Morgan fingerprint density at radius 2 is 1.67 bits per heavy atom. The lowest BCUT2D eigenvalue weighted by molar-refractivity contribution is -0.128. The van der Waals surface area contributed by atoms with Gasteiger partial charge in [-0.1, -0.05) is 42.5 Å². The van der Waals surface area contributed by atoms with Crippen LogP contribution in [0.25, 0.3) is 0 Å². The Labute approximate surface area is 194 Å². The zero-order valence-corrected chi connectivity index (χ0v) is 18.6. The number of likely N-dealkylation sites (tertiary alicyclic amines) is 1. The fourth-order valence-corrected chi connectivity index (χ4v) is 5.29. The van der Waals surface area contributed by atoms with Crippen molar-refractivity contribution in [1.29, 1.82) is 0 Å². The Balaban J connectivity index is 1.40. The molecule has 170 valence electrons. The number of phenolic OH excluding ortho intramolecular Hbond substituents is 2. The summed E-state index contributed by atoms with van der Waals surface area (Å²) in [5.41, 5.74) is 4.57. The van der Waals surface area contributed by atoms with Crippen LogP contribution in [-0.2, 0) is 11.2 Å². The number of aryl methyl sites for hydroxylation is 1. The number of aromatic hydroxyl groups is 2. The first-order chi connectivity index (χ1) is 16.1. The summed E-state index contributed by atoms with van der Waals surface area (Å²) in [6.45, 7) is 1.93. The van der Waals surface area contributed by atoms with Crippen molar-refractivity contribution in [1.82, 2.24) is 4.90 Å². The topological polar surface area (TPSA) is 70.0 Å². The number of benzene rings is 3. The van der Waals surface area contributed by atoms with Crippen LogP contribution in [0.1, 0.15) is 53.4 Å². The minimum atomic E-state index is -0.0797. The zero-order valence-electron chi connectivity index (χ0n) is 18.6. The predicted molar refractivity (Wildman–Crippen MR) is 127 cm³/mol. The van der Waals surface area contributed by atoms with E-state index in [0.717, 1.165) is 48.2 Å². The van der Waals surface area contributed by atoms with E-state index in [1.165, 1.54) is 5.56 Å². The van der Waals surface area contributed by atoms with Gasteiger partial charge in [0.2, 0.25) is 5.91 Å². The minimum absolute atomic E-state index is 0.0640. The van der Waals surface area contributed by atoms with Crippen LogP contribution in [0.2, 0.25) is 0 Å². The zero-order chi connectivity index (χ0) is 22.8. The van der Waals surface area contributed by atoms with Gasteiger partial charge in [-0.25, -0.2) is 0 Å². The van der Waals surface area contributed by atoms with Crippen LogP contribution in [0.4, 0.5) is 0 Å². The van der Waals surface area contributed by atoms with Gasteiger partial charge in [-0.05, 0) is 71.7 Å². The van der Waals surface area contributed by atoms with Crippen LogP contribution in [0.3, 0.4) is 0 Å². The lowest BCUT2D eigenvalue weighted by Gasteiger charge is -2.35. The summed E-state index contributed by atoms with van der Waals surface area (Å²) in [6, 6.07) is 22.1. The molecular formula is C28H29NO4. The Hall–Kier alpha value is -3.47. The van der Waals surface area contributed by atoms with Crippen LogP contribution >= 0.6 is 0 Å². The second kappa shape index (κ2) is 9.18. The minimum Gasteiger partial charge on any atom is -0.504 e. The van der Waals surface area contributed by atoms with E-state index in [-0.39, 0.29) is 29.2 Å². The van der Waals surface area contributed by atoms with Gasteiger partial charge in [-0.15, -0.1) is 0 Å². The van der Waals surface area contributed by atoms with Gasteiger partial charge in [0, 0.05) is 18.9 Å². The number of rotatable bonds is 6. The second-order valence-electron chi connectivity index (χ2n) is 8.98. The molecule has 33 heavy (non-hydrogen) atoms. The number of ether oxygens (including phenoxy) is 1. The van der Waals surface area contributed by atoms with Gasteiger partial charge in [0.1, 0.15) is 12.4 Å². The van der Waals surface area contributed by atoms with Crippen molar-refractivity contribution in [2.24, 2.45) is 0 Å². The molecule has 0 bridgehead atoms. The molecule has 2 atom stereocenters. The third-order valence-corrected chi connectivity index (χ3v) is 6.97. The van der Waals surface area contributed by atoms with Crippen LogP contribution in [-0.4, -0.2) is 40.7 Å². The van der Waals surface area contributed by atoms with E-state index < -0.39 is 0 Å². The van der Waals surface area contributed by atoms with Crippen molar-refractivity contribution >= 4 is 5.91 Å². The first-order valence-electron chi connectivity index (χ1n) is 11.7. The van der Waals surface area contributed by atoms with E-state index >= 15 is 0 Å². The van der Waals surface area contributed by atoms with Crippen molar-refractivity contribution in [3.8, 4) is 17.2 Å². The molecule has 2 aliphatic rings. The number of amides is 1. The van der Waals surface area contributed by atoms with Gasteiger partial charge in [0.15, 0.2) is 11.5 Å². The third kappa shape index (κ3) is 4.40. The smallest absolute Gasteiger partial charge is 0.222 e. The van der Waals surface area contributed by atoms with Crippen molar-refractivity contribution in [2.75, 3.05) is 19.7 Å². The molecule has 1 aliphatic carbocycles. The quantitative estimate of drug-likeness (QED) is 0.528. The molecule has 0 unspecified atom stereocenters. The molecule has 1 amide bonds. The highest BCUT2D eigenvalue weighted by atomic mass is 16.5. The monoisotopic (exact) mass is 443 g/mol. The molecular weight excluding hydrogens is 414 g/mol. The summed E-state index contributed by atoms with van der Waals surface area (Å²) in [6.07, 6.45) is 3.41. The summed E-state index contributed by atoms with van der Waals surface area (Å²) in [5.74, 6) is 1.20. The molecule has 5 nitrogen and oxygen atoms in total. The number of carbonyl (C=O) groups is 1. The number of fused-ring (bicyclic) bond motifs is 1. The lowest BCUT2D eigenvalue weighted by Crippen LogP contribution is -2.29. The molecule has 1 aliphatic heterocycles. The molecule has 0 saturated carbocycles. The molecule has 5 heteroatoms. The number of carbonyl (C=O) groups excluding carboxylic acids is 1. The Morgan fingerprint density at radius 3 is 2.39 bits per heavy atom. The Kier molecular flexibility index (Phi) is 5.95. The lowest BCUT2D eigenvalue weighted by atomic mass is 9.69. The number of hydrogen-bond acceptors (Lipinski definition) is 4. The Morgan fingerprint density at radius 1 is 0.909 bits per heavy atom. The van der Waals surface area contributed by atoms with Crippen LogP contribution in [0.5, 0.6) is 17.2 Å². The van der Waals surface area contributed by atoms with Gasteiger partial charge in [0.25, 0.3) is 0 Å². The van der Waals surface area contributed by atoms with E-state index in [0.29, 0.717) is 19.6 Å². The summed E-state index contributed by atoms with van der Waals surface area (Å²) in [4.78, 5) is 13.6. The van der Waals surface area contributed by atoms with Crippen LogP contribution in [0.15, 0.2) is 66.7 Å². The fourth-order valence-electron chi connectivity index (χ4n) is 5.29. The maximum absolute atomic E-state index is 11.8. The standard InChI is InChI=1S/C28H29NO4/c30-25-17-21-10-13-23(19-5-2-1-3-6-19)28(24(21)18-26(25)31)20-8-11-22(12-9-20)33-16-15-29-14-4-7-27(29)32/h1-3,5-6,8-9,11-12,17-18,23,28,30-31H,4,7,10,13-16H2/t23-,28+/m1/s1. The summed E-state index contributed by atoms with van der Waals surface area (Å²) < 4.78 is 5.91. The highest BCUT2D eigenvalue weighted by Gasteiger charge is 2.33. The average molecular weight is 444 g/mol. The van der Waals surface area contributed by atoms with Gasteiger partial charge in [-0.2, -0.15) is 0 Å². The highest BCUT2D eigenvalue weighted by molar-refractivity contribution is 5.78. The molecule has 1 fully saturated rings. The van der Waals surface area contributed by atoms with Gasteiger partial charge in [-0.3, -0.25) is 4.79 Å². The van der Waals surface area contributed by atoms with E-state index in [9.17, 15) is 15.0 Å². The van der Waals surface area contributed by atoms with Gasteiger partial charge in [0.05, 0.1) is 6.54 Å². The normalized spacial score (nSPS) is 20.0. The van der Waals surface area contributed by atoms with Crippen molar-refractivity contribution in [2.45, 2.75) is 37.5 Å². The van der Waals surface area contributed by atoms with E-state index in [2.05, 4.69) is 36.4 Å². The average Bonchev–Trinajstić information content (AvgIpc) is 3.25. The maximum atomic E-state index is 11.8. The van der Waals surface area contributed by atoms with Gasteiger partial charge >= 0.3 is 0 Å². The van der Waals surface area contributed by atoms with Crippen LogP contribution < -0.4 is 4.74 Å². The summed E-state index contributed by atoms with van der Waals surface area (Å²) >= 11 is 0. The molecule has 1 saturated heterocycles. The van der Waals surface area contributed by atoms with Gasteiger partial charge < -0.3 is 19.8 Å². The predicted octanol–water partition coefficient (Wildman–Crippen LogP) is 4.96. The van der Waals surface area contributed by atoms with Crippen molar-refractivity contribution in [3.63, 3.8) is 0 Å². The fraction of sp³-hybridized carbons (Fsp3) is 0.321. The SMILES string of the molecule is O=C1CCCN1CCOc1ccc([C@@H]2c3cc(O)c(O)cc3CC[C@@H]2c2ccccc2)cc1. The van der Waals surface area contributed by atoms with Crippen LogP contribution in [0, 0.1) is 0 Å². The summed E-state index contributed by atoms with van der Waals surface area (Å²) in [7, 11) is 0. The number of nitrogens with zero attached hydrogens (tertiary/aromatic N) is 1. The Bertz CT molecular complexity index is 1130. The first kappa shape index (κ1) is 21.4. The summed E-state index contributed by atoms with van der Waals surface area (Å²) in [5, 5.41) is 20.3. The molecule has 3 aromatic carbocycles. The maximum Gasteiger partial charge on any atom is 0.222 e. The largest absolute Gasteiger partial charge is 0.504 e.